The molecular formula is C13H18F2N2O3S. The van der Waals surface area contributed by atoms with Gasteiger partial charge < -0.3 is 10.2 Å². The molecule has 1 aromatic carbocycles. The largest absolute Gasteiger partial charge is 0.376 e. The summed E-state index contributed by atoms with van der Waals surface area (Å²) in [5.74, 6) is -3.54. The average molecular weight is 320 g/mol. The van der Waals surface area contributed by atoms with Crippen LogP contribution in [-0.2, 0) is 14.6 Å². The Morgan fingerprint density at radius 1 is 1.19 bits per heavy atom. The van der Waals surface area contributed by atoms with Crippen LogP contribution in [0.25, 0.3) is 0 Å². The summed E-state index contributed by atoms with van der Waals surface area (Å²) in [4.78, 5) is 13.0. The van der Waals surface area contributed by atoms with Crippen molar-refractivity contribution >= 4 is 21.4 Å². The van der Waals surface area contributed by atoms with Crippen LogP contribution < -0.4 is 5.32 Å². The molecule has 0 fully saturated rings. The van der Waals surface area contributed by atoms with Gasteiger partial charge in [0.05, 0.1) is 11.4 Å². The van der Waals surface area contributed by atoms with Crippen molar-refractivity contribution in [2.75, 3.05) is 25.0 Å². The molecule has 1 aromatic rings. The molecule has 0 spiro atoms. The minimum atomic E-state index is -4.58. The second kappa shape index (κ2) is 7.35. The van der Waals surface area contributed by atoms with E-state index in [0.717, 1.165) is 12.1 Å². The van der Waals surface area contributed by atoms with Crippen LogP contribution in [0.1, 0.15) is 13.8 Å². The maximum Gasteiger partial charge on any atom is 0.341 e. The third-order valence-electron chi connectivity index (χ3n) is 2.98. The normalized spacial score (nSPS) is 11.5. The maximum absolute atomic E-state index is 12.4. The van der Waals surface area contributed by atoms with Crippen LogP contribution in [0.3, 0.4) is 0 Å². The van der Waals surface area contributed by atoms with Crippen molar-refractivity contribution in [3.63, 3.8) is 0 Å². The molecule has 118 valence electrons. The lowest BCUT2D eigenvalue weighted by molar-refractivity contribution is -0.128. The third-order valence-corrected chi connectivity index (χ3v) is 4.38. The van der Waals surface area contributed by atoms with E-state index in [-0.39, 0.29) is 12.5 Å². The number of sulfone groups is 1. The highest BCUT2D eigenvalue weighted by Crippen LogP contribution is 2.20. The van der Waals surface area contributed by atoms with Gasteiger partial charge in [-0.3, -0.25) is 4.79 Å². The lowest BCUT2D eigenvalue weighted by Gasteiger charge is -2.19. The molecule has 0 aliphatic rings. The zero-order valence-electron chi connectivity index (χ0n) is 11.8. The van der Waals surface area contributed by atoms with E-state index in [9.17, 15) is 22.0 Å². The molecule has 21 heavy (non-hydrogen) atoms. The number of halogens is 2. The second-order valence-electron chi connectivity index (χ2n) is 4.25. The first-order valence-corrected chi connectivity index (χ1v) is 8.01. The fourth-order valence-corrected chi connectivity index (χ4v) is 2.45. The summed E-state index contributed by atoms with van der Waals surface area (Å²) in [6, 6.07) is 4.88. The van der Waals surface area contributed by atoms with Gasteiger partial charge in [-0.25, -0.2) is 8.42 Å². The molecule has 0 heterocycles. The van der Waals surface area contributed by atoms with E-state index < -0.39 is 20.5 Å². The molecule has 0 aromatic heterocycles. The van der Waals surface area contributed by atoms with Gasteiger partial charge in [0.15, 0.2) is 0 Å². The van der Waals surface area contributed by atoms with Crippen LogP contribution >= 0.6 is 0 Å². The molecule has 5 nitrogen and oxygen atoms in total. The van der Waals surface area contributed by atoms with Crippen LogP contribution in [0, 0.1) is 0 Å². The van der Waals surface area contributed by atoms with Crippen LogP contribution in [0.2, 0.25) is 0 Å². The van der Waals surface area contributed by atoms with Crippen molar-refractivity contribution in [1.82, 2.24) is 4.90 Å². The number of likely N-dealkylation sites (N-methyl/N-ethyl adjacent to an activating group) is 1. The van der Waals surface area contributed by atoms with Crippen molar-refractivity contribution in [2.24, 2.45) is 0 Å². The zero-order chi connectivity index (χ0) is 16.0. The Morgan fingerprint density at radius 2 is 1.71 bits per heavy atom. The van der Waals surface area contributed by atoms with Gasteiger partial charge in [0, 0.05) is 18.8 Å². The number of nitrogens with one attached hydrogen (secondary N) is 1. The lowest BCUT2D eigenvalue weighted by Crippen LogP contribution is -2.35. The molecule has 0 aliphatic carbocycles. The van der Waals surface area contributed by atoms with E-state index in [2.05, 4.69) is 5.32 Å². The first-order valence-electron chi connectivity index (χ1n) is 6.46. The SMILES string of the molecule is CCN(CC)C(=O)CNc1ccc(S(=O)(=O)C(F)F)cc1. The molecule has 0 atom stereocenters. The monoisotopic (exact) mass is 320 g/mol. The summed E-state index contributed by atoms with van der Waals surface area (Å²) in [6.07, 6.45) is 0. The van der Waals surface area contributed by atoms with Crippen LogP contribution in [0.5, 0.6) is 0 Å². The molecule has 0 bridgehead atoms. The number of anilines is 1. The number of carbonyl (C=O) groups is 1. The summed E-state index contributed by atoms with van der Waals surface area (Å²) < 4.78 is 47.2. The van der Waals surface area contributed by atoms with E-state index in [4.69, 9.17) is 0 Å². The number of benzene rings is 1. The van der Waals surface area contributed by atoms with E-state index in [1.54, 1.807) is 4.90 Å². The maximum atomic E-state index is 12.4. The van der Waals surface area contributed by atoms with E-state index >= 15 is 0 Å². The first-order chi connectivity index (χ1) is 9.82. The van der Waals surface area contributed by atoms with Crippen LogP contribution in [0.15, 0.2) is 29.2 Å². The lowest BCUT2D eigenvalue weighted by atomic mass is 10.3. The Bertz CT molecular complexity index is 570. The predicted octanol–water partition coefficient (Wildman–Crippen LogP) is 1.96. The highest BCUT2D eigenvalue weighted by atomic mass is 32.2. The molecule has 1 amide bonds. The first kappa shape index (κ1) is 17.4. The van der Waals surface area contributed by atoms with Crippen LogP contribution in [-0.4, -0.2) is 44.6 Å². The minimum Gasteiger partial charge on any atom is -0.376 e. The number of nitrogens with zero attached hydrogens (tertiary/aromatic N) is 1. The van der Waals surface area contributed by atoms with Crippen molar-refractivity contribution in [1.29, 1.82) is 0 Å². The van der Waals surface area contributed by atoms with Gasteiger partial charge in [0.25, 0.3) is 0 Å². The topological polar surface area (TPSA) is 66.5 Å². The Hall–Kier alpha value is -1.70. The molecule has 0 radical (unpaired) electrons. The quantitative estimate of drug-likeness (QED) is 0.834. The molecule has 8 heteroatoms. The Labute approximate surface area is 122 Å². The minimum absolute atomic E-state index is 0.0582. The standard InChI is InChI=1S/C13H18F2N2O3S/c1-3-17(4-2)12(18)9-16-10-5-7-11(8-6-10)21(19,20)13(14)15/h5-8,13,16H,3-4,9H2,1-2H3. The molecule has 0 unspecified atom stereocenters. The van der Waals surface area contributed by atoms with Gasteiger partial charge in [-0.2, -0.15) is 8.78 Å². The van der Waals surface area contributed by atoms with E-state index in [1.165, 1.54) is 12.1 Å². The molecule has 0 saturated heterocycles. The van der Waals surface area contributed by atoms with Crippen molar-refractivity contribution in [3.05, 3.63) is 24.3 Å². The molecule has 0 aliphatic heterocycles. The average Bonchev–Trinajstić information content (AvgIpc) is 2.46. The van der Waals surface area contributed by atoms with Gasteiger partial charge in [0.1, 0.15) is 0 Å². The van der Waals surface area contributed by atoms with Gasteiger partial charge in [-0.15, -0.1) is 0 Å². The molecule has 1 rings (SSSR count). The number of alkyl halides is 2. The van der Waals surface area contributed by atoms with Gasteiger partial charge >= 0.3 is 5.76 Å². The molecule has 0 saturated carbocycles. The smallest absolute Gasteiger partial charge is 0.341 e. The summed E-state index contributed by atoms with van der Waals surface area (Å²) >= 11 is 0. The second-order valence-corrected chi connectivity index (χ2v) is 6.17. The Kier molecular flexibility index (Phi) is 6.07. The van der Waals surface area contributed by atoms with E-state index in [0.29, 0.717) is 18.8 Å². The third kappa shape index (κ3) is 4.38. The molecule has 1 N–H and O–H groups in total. The van der Waals surface area contributed by atoms with Gasteiger partial charge in [0.2, 0.25) is 15.7 Å². The predicted molar refractivity (Wildman–Crippen MR) is 76.0 cm³/mol. The van der Waals surface area contributed by atoms with Crippen molar-refractivity contribution in [2.45, 2.75) is 24.5 Å². The van der Waals surface area contributed by atoms with Gasteiger partial charge in [-0.1, -0.05) is 0 Å². The Morgan fingerprint density at radius 3 is 2.14 bits per heavy atom. The van der Waals surface area contributed by atoms with Crippen molar-refractivity contribution in [3.8, 4) is 0 Å². The summed E-state index contributed by atoms with van der Waals surface area (Å²) in [7, 11) is -4.58. The fraction of sp³-hybridized carbons (Fsp3) is 0.462. The highest BCUT2D eigenvalue weighted by Gasteiger charge is 2.26. The zero-order valence-corrected chi connectivity index (χ0v) is 12.7. The number of amides is 1. The van der Waals surface area contributed by atoms with E-state index in [1.807, 2.05) is 13.8 Å². The van der Waals surface area contributed by atoms with Crippen LogP contribution in [0.4, 0.5) is 14.5 Å². The number of hydrogen-bond donors (Lipinski definition) is 1. The highest BCUT2D eigenvalue weighted by molar-refractivity contribution is 7.91. The number of hydrogen-bond acceptors (Lipinski definition) is 4. The summed E-state index contributed by atoms with van der Waals surface area (Å²) in [6.45, 7) is 4.99. The number of carbonyl (C=O) groups excluding carboxylic acids is 1. The fourth-order valence-electron chi connectivity index (χ4n) is 1.73. The summed E-state index contributed by atoms with van der Waals surface area (Å²) in [5.41, 5.74) is 0.490. The molecular weight excluding hydrogens is 302 g/mol. The van der Waals surface area contributed by atoms with Gasteiger partial charge in [-0.05, 0) is 38.1 Å². The summed E-state index contributed by atoms with van der Waals surface area (Å²) in [5, 5.41) is 2.83. The Balaban J connectivity index is 2.70. The number of rotatable bonds is 7. The van der Waals surface area contributed by atoms with Crippen molar-refractivity contribution < 1.29 is 22.0 Å².